The second-order valence-corrected chi connectivity index (χ2v) is 22.4. The minimum absolute atomic E-state index is 0.0596. The van der Waals surface area contributed by atoms with E-state index in [1.54, 1.807) is 32.3 Å². The first kappa shape index (κ1) is 46.7. The number of methoxy groups -OCH3 is 2. The van der Waals surface area contributed by atoms with Crippen LogP contribution in [-0.2, 0) is 25.6 Å². The van der Waals surface area contributed by atoms with Gasteiger partial charge < -0.3 is 29.0 Å². The molecule has 0 radical (unpaired) electrons. The molecule has 11 nitrogen and oxygen atoms in total. The third kappa shape index (κ3) is 7.24. The van der Waals surface area contributed by atoms with Gasteiger partial charge in [0.15, 0.2) is 5.82 Å². The van der Waals surface area contributed by atoms with Crippen molar-refractivity contribution in [1.82, 2.24) is 25.1 Å². The minimum Gasteiger partial charge on any atom is -0.497 e. The van der Waals surface area contributed by atoms with E-state index in [-0.39, 0.29) is 69.2 Å². The lowest BCUT2D eigenvalue weighted by molar-refractivity contribution is -0.253. The fraction of sp³-hybridized carbons (Fsp3) is 0.698. The fourth-order valence-electron chi connectivity index (χ4n) is 14.2. The summed E-state index contributed by atoms with van der Waals surface area (Å²) in [4.78, 5) is 24.4. The number of aromatic nitrogens is 4. The Balaban J connectivity index is 1.22. The van der Waals surface area contributed by atoms with Gasteiger partial charge in [-0.05, 0) is 122 Å². The van der Waals surface area contributed by atoms with Crippen molar-refractivity contribution in [1.29, 1.82) is 0 Å². The largest absolute Gasteiger partial charge is 0.497 e. The van der Waals surface area contributed by atoms with Crippen LogP contribution in [0.25, 0.3) is 11.4 Å². The monoisotopic (exact) mass is 880 g/mol. The van der Waals surface area contributed by atoms with Crippen LogP contribution in [-0.4, -0.2) is 78.4 Å². The molecule has 1 aromatic carbocycles. The van der Waals surface area contributed by atoms with Gasteiger partial charge in [-0.3, -0.25) is 4.79 Å². The number of pyridine rings is 1. The summed E-state index contributed by atoms with van der Waals surface area (Å²) in [6.07, 6.45) is 11.7. The van der Waals surface area contributed by atoms with E-state index in [0.717, 1.165) is 61.2 Å². The highest BCUT2D eigenvalue weighted by atomic mass is 16.5. The molecule has 12 atom stereocenters. The number of carbonyl (C=O) groups excluding carboxylic acids is 1. The summed E-state index contributed by atoms with van der Waals surface area (Å²) >= 11 is 0. The zero-order valence-electron chi connectivity index (χ0n) is 41.1. The lowest BCUT2D eigenvalue weighted by Crippen LogP contribution is -2.69. The summed E-state index contributed by atoms with van der Waals surface area (Å²) in [7, 11) is 5.35. The van der Waals surface area contributed by atoms with E-state index < -0.39 is 0 Å². The van der Waals surface area contributed by atoms with Gasteiger partial charge in [0.05, 0.1) is 52.1 Å². The topological polar surface area (TPSA) is 119 Å². The van der Waals surface area contributed by atoms with E-state index in [4.69, 9.17) is 33.8 Å². The number of nitrogens with one attached hydrogen (secondary N) is 1. The van der Waals surface area contributed by atoms with Gasteiger partial charge in [0, 0.05) is 34.2 Å². The number of hydrogen-bond acceptors (Lipinski definition) is 10. The molecule has 0 unspecified atom stereocenters. The number of esters is 1. The summed E-state index contributed by atoms with van der Waals surface area (Å²) < 4.78 is 33.9. The third-order valence-corrected chi connectivity index (χ3v) is 19.1. The van der Waals surface area contributed by atoms with Crippen LogP contribution >= 0.6 is 0 Å². The molecule has 8 rings (SSSR count). The molecule has 3 heterocycles. The Labute approximate surface area is 383 Å². The second-order valence-electron chi connectivity index (χ2n) is 22.4. The standard InChI is InChI=1S/C53H77N5O6/c1-33(2)35(5)48(6)23-24-50(8)39-18-19-42-49(7)29-62-31-53(42,40(39)20-22-51(50,9)44(48)47(59)63-28-36-14-16-38(60-12)17-15-36)27-41(45(49)64-30-52(10,54-11)34(3)4)58-46(56-32-57-58)37-21-25-55-43(26-37)61-13/h14-17,20-21,25-26,32-35,39,41-42,44-45,54H,18-19,22-24,27-31H2,1-13H3/t35-,39+,41-,42+,44-,45+,48-,49-,50-,51+,52+,53+/m1/s1. The molecule has 1 saturated heterocycles. The molecule has 64 heavy (non-hydrogen) atoms. The molecular weight excluding hydrogens is 803 g/mol. The van der Waals surface area contributed by atoms with Gasteiger partial charge in [-0.1, -0.05) is 86.1 Å². The fourth-order valence-corrected chi connectivity index (χ4v) is 14.2. The minimum atomic E-state index is -0.329. The Morgan fingerprint density at radius 3 is 2.39 bits per heavy atom. The van der Waals surface area contributed by atoms with E-state index >= 15 is 4.79 Å². The molecular formula is C53H77N5O6. The van der Waals surface area contributed by atoms with Crippen LogP contribution in [0.4, 0.5) is 0 Å². The normalized spacial score (nSPS) is 35.9. The van der Waals surface area contributed by atoms with Crippen molar-refractivity contribution in [2.24, 2.45) is 62.6 Å². The van der Waals surface area contributed by atoms with Crippen LogP contribution in [0.3, 0.4) is 0 Å². The average Bonchev–Trinajstić information content (AvgIpc) is 3.78. The van der Waals surface area contributed by atoms with Crippen LogP contribution in [0.15, 0.2) is 60.6 Å². The highest BCUT2D eigenvalue weighted by molar-refractivity contribution is 5.75. The molecule has 0 amide bonds. The Hall–Kier alpha value is -3.80. The van der Waals surface area contributed by atoms with Crippen molar-refractivity contribution in [3.05, 3.63) is 66.1 Å². The molecule has 3 saturated carbocycles. The highest BCUT2D eigenvalue weighted by Gasteiger charge is 2.72. The van der Waals surface area contributed by atoms with Gasteiger partial charge in [-0.25, -0.2) is 14.6 Å². The zero-order chi connectivity index (χ0) is 46.0. The quantitative estimate of drug-likeness (QED) is 0.124. The summed E-state index contributed by atoms with van der Waals surface area (Å²) in [6, 6.07) is 11.7. The number of ether oxygens (including phenoxy) is 5. The maximum absolute atomic E-state index is 15.1. The van der Waals surface area contributed by atoms with E-state index in [0.29, 0.717) is 49.4 Å². The number of likely N-dealkylation sites (N-methyl/N-ethyl adjacent to an activating group) is 1. The van der Waals surface area contributed by atoms with Crippen molar-refractivity contribution < 1.29 is 28.5 Å². The van der Waals surface area contributed by atoms with Gasteiger partial charge in [0.2, 0.25) is 5.88 Å². The number of benzene rings is 1. The van der Waals surface area contributed by atoms with Crippen molar-refractivity contribution in [2.75, 3.05) is 41.1 Å². The first-order valence-corrected chi connectivity index (χ1v) is 24.1. The Morgan fingerprint density at radius 2 is 1.72 bits per heavy atom. The zero-order valence-corrected chi connectivity index (χ0v) is 41.1. The van der Waals surface area contributed by atoms with Crippen LogP contribution in [0.1, 0.15) is 119 Å². The average molecular weight is 880 g/mol. The summed E-state index contributed by atoms with van der Waals surface area (Å²) in [5.74, 6) is 3.51. The molecule has 3 aromatic rings. The Bertz CT molecular complexity index is 2190. The van der Waals surface area contributed by atoms with Crippen molar-refractivity contribution in [2.45, 2.75) is 132 Å². The lowest BCUT2D eigenvalue weighted by atomic mass is 9.34. The molecule has 1 aliphatic heterocycles. The SMILES string of the molecule is CN[C@@](C)(CO[C@H]1[C@H](n2ncnc2-c2ccnc(OC)c2)C[C@@]23COC[C@]1(C)[C@@H]2CC[C@H]1C3=CC[C@@]2(C)[C@H](C(=O)OCc3ccc(OC)cc3)[C@@](C)([C@H](C)C(C)C)CC[C@]12C)C(C)C. The Kier molecular flexibility index (Phi) is 12.5. The van der Waals surface area contributed by atoms with E-state index in [1.165, 1.54) is 0 Å². The molecule has 2 bridgehead atoms. The number of hydrogen-bond donors (Lipinski definition) is 1. The maximum atomic E-state index is 15.1. The van der Waals surface area contributed by atoms with Gasteiger partial charge in [0.1, 0.15) is 18.7 Å². The van der Waals surface area contributed by atoms with Crippen LogP contribution in [0.2, 0.25) is 0 Å². The maximum Gasteiger partial charge on any atom is 0.310 e. The second kappa shape index (κ2) is 17.1. The number of allylic oxidation sites excluding steroid dienone is 1. The van der Waals surface area contributed by atoms with Crippen LogP contribution in [0, 0.1) is 62.6 Å². The summed E-state index contributed by atoms with van der Waals surface area (Å²) in [5, 5.41) is 8.67. The lowest BCUT2D eigenvalue weighted by Gasteiger charge is -2.71. The predicted octanol–water partition coefficient (Wildman–Crippen LogP) is 10.2. The summed E-state index contributed by atoms with van der Waals surface area (Å²) in [5.41, 5.74) is 1.91. The van der Waals surface area contributed by atoms with Gasteiger partial charge in [-0.15, -0.1) is 0 Å². The number of carbonyl (C=O) groups is 1. The van der Waals surface area contributed by atoms with Gasteiger partial charge >= 0.3 is 5.97 Å². The molecule has 1 N–H and O–H groups in total. The molecule has 2 aromatic heterocycles. The summed E-state index contributed by atoms with van der Waals surface area (Å²) in [6.45, 7) is 25.7. The van der Waals surface area contributed by atoms with E-state index in [1.807, 2.05) is 43.4 Å². The van der Waals surface area contributed by atoms with Crippen LogP contribution in [0.5, 0.6) is 11.6 Å². The molecule has 5 aliphatic rings. The highest BCUT2D eigenvalue weighted by Crippen LogP contribution is 2.75. The van der Waals surface area contributed by atoms with E-state index in [2.05, 4.69) is 90.3 Å². The van der Waals surface area contributed by atoms with Crippen LogP contribution < -0.4 is 14.8 Å². The molecule has 0 spiro atoms. The number of nitrogens with zero attached hydrogens (tertiary/aromatic N) is 4. The smallest absolute Gasteiger partial charge is 0.310 e. The Morgan fingerprint density at radius 1 is 0.969 bits per heavy atom. The van der Waals surface area contributed by atoms with E-state index in [9.17, 15) is 0 Å². The molecule has 350 valence electrons. The first-order valence-electron chi connectivity index (χ1n) is 24.1. The predicted molar refractivity (Wildman–Crippen MR) is 250 cm³/mol. The third-order valence-electron chi connectivity index (χ3n) is 19.1. The van der Waals surface area contributed by atoms with Crippen molar-refractivity contribution in [3.63, 3.8) is 0 Å². The molecule has 4 fully saturated rings. The molecule has 11 heteroatoms. The van der Waals surface area contributed by atoms with Crippen molar-refractivity contribution >= 4 is 5.97 Å². The first-order chi connectivity index (χ1) is 30.4. The van der Waals surface area contributed by atoms with Crippen molar-refractivity contribution in [3.8, 4) is 23.0 Å². The van der Waals surface area contributed by atoms with Gasteiger partial charge in [0.25, 0.3) is 0 Å². The molecule has 4 aliphatic carbocycles. The van der Waals surface area contributed by atoms with Gasteiger partial charge in [-0.2, -0.15) is 5.10 Å². The number of rotatable bonds is 14. The number of fused-ring (bicyclic) bond motifs is 3.